The lowest BCUT2D eigenvalue weighted by molar-refractivity contribution is -0.143. The van der Waals surface area contributed by atoms with Crippen molar-refractivity contribution < 1.29 is 33.4 Å². The summed E-state index contributed by atoms with van der Waals surface area (Å²) in [5.74, 6) is -1.49. The molecule has 33 heavy (non-hydrogen) atoms. The Labute approximate surface area is 203 Å². The molecule has 1 heterocycles. The third-order valence-corrected chi connectivity index (χ3v) is 5.78. The topological polar surface area (TPSA) is 111 Å². The molecular weight excluding hydrogens is 543 g/mol. The molecule has 172 valence electrons. The van der Waals surface area contributed by atoms with Crippen LogP contribution in [0.2, 0.25) is 0 Å². The molecule has 1 N–H and O–H groups in total. The molecule has 1 fully saturated rings. The van der Waals surface area contributed by atoms with Crippen LogP contribution in [0, 0.1) is 17.4 Å². The van der Waals surface area contributed by atoms with Gasteiger partial charge < -0.3 is 14.2 Å². The average Bonchev–Trinajstić information content (AvgIpc) is 2.77. The van der Waals surface area contributed by atoms with Gasteiger partial charge in [-0.1, -0.05) is 6.07 Å². The number of anilines is 1. The molecule has 0 radical (unpaired) electrons. The number of hydrogen-bond acceptors (Lipinski definition) is 7. The van der Waals surface area contributed by atoms with E-state index in [0.717, 1.165) is 16.0 Å². The number of aryl methyl sites for hydroxylation is 2. The van der Waals surface area contributed by atoms with Crippen molar-refractivity contribution in [3.05, 3.63) is 56.2 Å². The summed E-state index contributed by atoms with van der Waals surface area (Å²) in [6, 6.07) is 7.54. The summed E-state index contributed by atoms with van der Waals surface area (Å²) in [7, 11) is 2.67. The van der Waals surface area contributed by atoms with E-state index in [9.17, 15) is 19.2 Å². The minimum absolute atomic E-state index is 0.214. The number of barbiturate groups is 1. The fourth-order valence-electron chi connectivity index (χ4n) is 3.08. The van der Waals surface area contributed by atoms with E-state index in [0.29, 0.717) is 26.3 Å². The first-order valence-electron chi connectivity index (χ1n) is 9.72. The highest BCUT2D eigenvalue weighted by atomic mass is 127. The second-order valence-corrected chi connectivity index (χ2v) is 8.29. The van der Waals surface area contributed by atoms with Gasteiger partial charge in [-0.25, -0.2) is 14.5 Å². The Morgan fingerprint density at radius 2 is 1.82 bits per heavy atom. The largest absolute Gasteiger partial charge is 0.493 e. The number of halogens is 1. The minimum Gasteiger partial charge on any atom is -0.493 e. The van der Waals surface area contributed by atoms with Crippen LogP contribution >= 0.6 is 22.6 Å². The van der Waals surface area contributed by atoms with Crippen LogP contribution in [-0.4, -0.2) is 44.6 Å². The summed E-state index contributed by atoms with van der Waals surface area (Å²) < 4.78 is 16.0. The Morgan fingerprint density at radius 1 is 1.09 bits per heavy atom. The van der Waals surface area contributed by atoms with Crippen LogP contribution in [0.25, 0.3) is 6.08 Å². The maximum absolute atomic E-state index is 13.1. The number of hydrogen-bond donors (Lipinski definition) is 1. The second-order valence-electron chi connectivity index (χ2n) is 7.13. The van der Waals surface area contributed by atoms with E-state index in [2.05, 4.69) is 10.1 Å². The van der Waals surface area contributed by atoms with Crippen molar-refractivity contribution in [3.8, 4) is 11.5 Å². The van der Waals surface area contributed by atoms with Gasteiger partial charge in [0.1, 0.15) is 5.57 Å². The van der Waals surface area contributed by atoms with Gasteiger partial charge >= 0.3 is 12.0 Å². The molecule has 0 spiro atoms. The zero-order valence-electron chi connectivity index (χ0n) is 18.4. The number of methoxy groups -OCH3 is 2. The third kappa shape index (κ3) is 5.16. The molecule has 0 aliphatic carbocycles. The first-order valence-corrected chi connectivity index (χ1v) is 10.8. The molecule has 0 bridgehead atoms. The Hall–Kier alpha value is -3.41. The molecule has 4 amide bonds. The number of rotatable bonds is 6. The molecule has 9 nitrogen and oxygen atoms in total. The molecule has 1 saturated heterocycles. The maximum Gasteiger partial charge on any atom is 0.343 e. The van der Waals surface area contributed by atoms with E-state index in [-0.39, 0.29) is 12.2 Å². The van der Waals surface area contributed by atoms with Gasteiger partial charge in [0, 0.05) is 0 Å². The minimum atomic E-state index is -0.816. The molecule has 2 aromatic carbocycles. The summed E-state index contributed by atoms with van der Waals surface area (Å²) in [4.78, 5) is 50.4. The number of nitrogens with one attached hydrogen (secondary N) is 1. The van der Waals surface area contributed by atoms with Crippen LogP contribution in [-0.2, 0) is 19.1 Å². The fourth-order valence-corrected chi connectivity index (χ4v) is 3.86. The zero-order chi connectivity index (χ0) is 24.3. The molecule has 0 aromatic heterocycles. The highest BCUT2D eigenvalue weighted by Crippen LogP contribution is 2.35. The van der Waals surface area contributed by atoms with Crippen LogP contribution < -0.4 is 19.7 Å². The molecule has 3 rings (SSSR count). The van der Waals surface area contributed by atoms with Crippen molar-refractivity contribution in [1.82, 2.24) is 5.32 Å². The van der Waals surface area contributed by atoms with E-state index in [1.165, 1.54) is 20.3 Å². The van der Waals surface area contributed by atoms with Gasteiger partial charge in [-0.3, -0.25) is 14.9 Å². The molecule has 0 unspecified atom stereocenters. The molecule has 0 saturated carbocycles. The summed E-state index contributed by atoms with van der Waals surface area (Å²) in [5, 5.41) is 2.21. The lowest BCUT2D eigenvalue weighted by Gasteiger charge is -2.27. The van der Waals surface area contributed by atoms with Crippen LogP contribution in [0.15, 0.2) is 35.9 Å². The van der Waals surface area contributed by atoms with Crippen LogP contribution in [0.1, 0.15) is 16.7 Å². The van der Waals surface area contributed by atoms with Gasteiger partial charge in [0.15, 0.2) is 18.1 Å². The van der Waals surface area contributed by atoms with Crippen molar-refractivity contribution in [1.29, 1.82) is 0 Å². The maximum atomic E-state index is 13.1. The SMILES string of the molecule is COC(=O)COc1c(I)cc(/C=C2\C(=O)NC(=O)N(c3ccc(C)c(C)c3)C2=O)cc1OC. The van der Waals surface area contributed by atoms with E-state index < -0.39 is 23.8 Å². The van der Waals surface area contributed by atoms with Crippen molar-refractivity contribution in [3.63, 3.8) is 0 Å². The molecular formula is C23H21IN2O7. The van der Waals surface area contributed by atoms with Gasteiger partial charge in [-0.15, -0.1) is 0 Å². The average molecular weight is 564 g/mol. The Kier molecular flexibility index (Phi) is 7.36. The van der Waals surface area contributed by atoms with E-state index in [4.69, 9.17) is 9.47 Å². The summed E-state index contributed by atoms with van der Waals surface area (Å²) >= 11 is 1.99. The Bertz CT molecular complexity index is 1190. The summed E-state index contributed by atoms with van der Waals surface area (Å²) in [6.07, 6.45) is 1.37. The number of amides is 4. The number of carbonyl (C=O) groups excluding carboxylic acids is 4. The van der Waals surface area contributed by atoms with Crippen LogP contribution in [0.3, 0.4) is 0 Å². The standard InChI is InChI=1S/C23H21IN2O7/c1-12-5-6-15(7-13(12)2)26-22(29)16(21(28)25-23(26)30)8-14-9-17(24)20(18(10-14)31-3)33-11-19(27)32-4/h5-10H,11H2,1-4H3,(H,25,28,30)/b16-8+. The van der Waals surface area contributed by atoms with E-state index in [1.807, 2.05) is 36.4 Å². The number of imide groups is 2. The van der Waals surface area contributed by atoms with Crippen LogP contribution in [0.4, 0.5) is 10.5 Å². The monoisotopic (exact) mass is 564 g/mol. The normalized spacial score (nSPS) is 14.9. The lowest BCUT2D eigenvalue weighted by atomic mass is 10.0. The number of urea groups is 1. The Balaban J connectivity index is 1.98. The number of esters is 1. The molecule has 1 aliphatic heterocycles. The van der Waals surface area contributed by atoms with Gasteiger partial charge in [0.2, 0.25) is 0 Å². The van der Waals surface area contributed by atoms with Crippen molar-refractivity contribution >= 4 is 58.2 Å². The number of benzene rings is 2. The molecule has 2 aromatic rings. The third-order valence-electron chi connectivity index (χ3n) is 4.98. The second kappa shape index (κ2) is 10.0. The fraction of sp³-hybridized carbons (Fsp3) is 0.217. The smallest absolute Gasteiger partial charge is 0.343 e. The summed E-state index contributed by atoms with van der Waals surface area (Å²) in [5.41, 5.74) is 2.52. The van der Waals surface area contributed by atoms with Crippen LogP contribution in [0.5, 0.6) is 11.5 Å². The zero-order valence-corrected chi connectivity index (χ0v) is 20.5. The predicted molar refractivity (Wildman–Crippen MR) is 128 cm³/mol. The van der Waals surface area contributed by atoms with E-state index >= 15 is 0 Å². The lowest BCUT2D eigenvalue weighted by Crippen LogP contribution is -2.54. The summed E-state index contributed by atoms with van der Waals surface area (Å²) in [6.45, 7) is 3.47. The first kappa shape index (κ1) is 24.2. The van der Waals surface area contributed by atoms with Crippen molar-refractivity contribution in [2.24, 2.45) is 0 Å². The number of nitrogens with zero attached hydrogens (tertiary/aromatic N) is 1. The van der Waals surface area contributed by atoms with Gasteiger partial charge in [-0.2, -0.15) is 0 Å². The quantitative estimate of drug-likeness (QED) is 0.249. The highest BCUT2D eigenvalue weighted by Gasteiger charge is 2.37. The Morgan fingerprint density at radius 3 is 2.45 bits per heavy atom. The number of ether oxygens (including phenoxy) is 3. The number of carbonyl (C=O) groups is 4. The van der Waals surface area contributed by atoms with Gasteiger partial charge in [-0.05, 0) is 83.5 Å². The molecule has 10 heteroatoms. The van der Waals surface area contributed by atoms with Crippen molar-refractivity contribution in [2.45, 2.75) is 13.8 Å². The van der Waals surface area contributed by atoms with Crippen molar-refractivity contribution in [2.75, 3.05) is 25.7 Å². The van der Waals surface area contributed by atoms with E-state index in [1.54, 1.807) is 30.3 Å². The molecule has 1 aliphatic rings. The first-order chi connectivity index (χ1) is 15.7. The van der Waals surface area contributed by atoms with Gasteiger partial charge in [0.25, 0.3) is 11.8 Å². The van der Waals surface area contributed by atoms with Gasteiger partial charge in [0.05, 0.1) is 23.5 Å². The molecule has 0 atom stereocenters. The predicted octanol–water partition coefficient (Wildman–Crippen LogP) is 3.13. The highest BCUT2D eigenvalue weighted by molar-refractivity contribution is 14.1.